The largest absolute Gasteiger partial charge is 0.388 e. The van der Waals surface area contributed by atoms with Gasteiger partial charge < -0.3 is 10.3 Å². The van der Waals surface area contributed by atoms with E-state index in [0.717, 1.165) is 24.3 Å². The van der Waals surface area contributed by atoms with Gasteiger partial charge >= 0.3 is 0 Å². The topological polar surface area (TPSA) is 67.7 Å². The smallest absolute Gasteiger partial charge is 0.109 e. The molecule has 1 aliphatic rings. The lowest BCUT2D eigenvalue weighted by Crippen LogP contribution is -2.21. The fourth-order valence-electron chi connectivity index (χ4n) is 2.88. The van der Waals surface area contributed by atoms with Crippen molar-refractivity contribution < 1.29 is 0 Å². The Morgan fingerprint density at radius 1 is 1.42 bits per heavy atom. The third kappa shape index (κ3) is 2.23. The number of rotatable bonds is 5. The fourth-order valence-corrected chi connectivity index (χ4v) is 2.88. The molecule has 0 atom stereocenters. The highest BCUT2D eigenvalue weighted by Gasteiger charge is 2.43. The second-order valence-corrected chi connectivity index (χ2v) is 5.66. The molecular formula is C15H20N4. The lowest BCUT2D eigenvalue weighted by Gasteiger charge is -2.17. The van der Waals surface area contributed by atoms with E-state index < -0.39 is 0 Å². The summed E-state index contributed by atoms with van der Waals surface area (Å²) in [4.78, 5) is 4.70. The predicted octanol–water partition coefficient (Wildman–Crippen LogP) is 2.70. The minimum atomic E-state index is 0.208. The van der Waals surface area contributed by atoms with Crippen LogP contribution in [0, 0.1) is 10.8 Å². The van der Waals surface area contributed by atoms with Crippen LogP contribution in [0.4, 0.5) is 0 Å². The zero-order chi connectivity index (χ0) is 13.5. The van der Waals surface area contributed by atoms with Gasteiger partial charge in [0.1, 0.15) is 5.82 Å². The molecule has 0 spiro atoms. The summed E-state index contributed by atoms with van der Waals surface area (Å²) in [6, 6.07) is 8.28. The van der Waals surface area contributed by atoms with Crippen LogP contribution in [0.1, 0.15) is 32.0 Å². The van der Waals surface area contributed by atoms with Crippen LogP contribution in [-0.2, 0) is 13.0 Å². The number of nitrogens with one attached hydrogen (secondary N) is 1. The molecular weight excluding hydrogens is 236 g/mol. The van der Waals surface area contributed by atoms with Crippen molar-refractivity contribution in [2.75, 3.05) is 0 Å². The molecule has 1 saturated carbocycles. The van der Waals surface area contributed by atoms with E-state index in [1.54, 1.807) is 0 Å². The molecule has 1 heterocycles. The summed E-state index contributed by atoms with van der Waals surface area (Å²) in [6.07, 6.45) is 3.98. The van der Waals surface area contributed by atoms with Gasteiger partial charge in [-0.05, 0) is 30.4 Å². The first-order valence-electron chi connectivity index (χ1n) is 6.91. The summed E-state index contributed by atoms with van der Waals surface area (Å²) in [6.45, 7) is 3.08. The van der Waals surface area contributed by atoms with E-state index in [4.69, 9.17) is 16.1 Å². The predicted molar refractivity (Wildman–Crippen MR) is 77.3 cm³/mol. The molecule has 0 saturated heterocycles. The molecule has 1 aromatic carbocycles. The number of para-hydroxylation sites is 2. The maximum atomic E-state index is 7.53. The van der Waals surface area contributed by atoms with E-state index in [9.17, 15) is 0 Å². The molecule has 1 aliphatic carbocycles. The standard InChI is InChI=1S/C15H20N4/c1-2-14-18-11-5-3-4-6-12(11)19(14)10-15(7-8-15)9-13(16)17/h3-6H,2,7-10H2,1H3,(H3,16,17). The highest BCUT2D eigenvalue weighted by molar-refractivity contribution is 5.78. The molecule has 4 heteroatoms. The average Bonchev–Trinajstić information content (AvgIpc) is 3.03. The van der Waals surface area contributed by atoms with Crippen LogP contribution in [0.5, 0.6) is 0 Å². The van der Waals surface area contributed by atoms with E-state index in [1.807, 2.05) is 6.07 Å². The van der Waals surface area contributed by atoms with Crippen LogP contribution in [0.25, 0.3) is 11.0 Å². The zero-order valence-electron chi connectivity index (χ0n) is 11.3. The summed E-state index contributed by atoms with van der Waals surface area (Å²) < 4.78 is 2.32. The fraction of sp³-hybridized carbons (Fsp3) is 0.467. The summed E-state index contributed by atoms with van der Waals surface area (Å²) in [5, 5.41) is 7.53. The summed E-state index contributed by atoms with van der Waals surface area (Å²) in [5.41, 5.74) is 8.07. The number of benzene rings is 1. The molecule has 3 N–H and O–H groups in total. The molecule has 19 heavy (non-hydrogen) atoms. The second-order valence-electron chi connectivity index (χ2n) is 5.66. The SMILES string of the molecule is CCc1nc2ccccc2n1CC1(CC(=N)N)CC1. The van der Waals surface area contributed by atoms with E-state index in [0.29, 0.717) is 12.3 Å². The molecule has 0 amide bonds. The quantitative estimate of drug-likeness (QED) is 0.638. The first-order chi connectivity index (χ1) is 9.13. The third-order valence-electron chi connectivity index (χ3n) is 4.07. The highest BCUT2D eigenvalue weighted by atomic mass is 15.1. The number of hydrogen-bond acceptors (Lipinski definition) is 2. The number of fused-ring (bicyclic) bond motifs is 1. The number of aryl methyl sites for hydroxylation is 1. The zero-order valence-corrected chi connectivity index (χ0v) is 11.3. The monoisotopic (exact) mass is 256 g/mol. The van der Waals surface area contributed by atoms with Gasteiger partial charge in [-0.3, -0.25) is 5.41 Å². The number of amidine groups is 1. The van der Waals surface area contributed by atoms with Crippen molar-refractivity contribution in [1.29, 1.82) is 5.41 Å². The summed E-state index contributed by atoms with van der Waals surface area (Å²) in [5.74, 6) is 1.44. The molecule has 100 valence electrons. The molecule has 0 radical (unpaired) electrons. The van der Waals surface area contributed by atoms with Crippen molar-refractivity contribution in [3.63, 3.8) is 0 Å². The van der Waals surface area contributed by atoms with Crippen LogP contribution in [0.3, 0.4) is 0 Å². The van der Waals surface area contributed by atoms with E-state index in [1.165, 1.54) is 18.4 Å². The van der Waals surface area contributed by atoms with Gasteiger partial charge in [0, 0.05) is 19.4 Å². The lowest BCUT2D eigenvalue weighted by atomic mass is 10.0. The third-order valence-corrected chi connectivity index (χ3v) is 4.07. The Bertz CT molecular complexity index is 622. The Kier molecular flexibility index (Phi) is 2.81. The Morgan fingerprint density at radius 3 is 2.79 bits per heavy atom. The molecule has 2 aromatic rings. The van der Waals surface area contributed by atoms with Gasteiger partial charge in [-0.25, -0.2) is 4.98 Å². The van der Waals surface area contributed by atoms with Gasteiger partial charge in [-0.1, -0.05) is 19.1 Å². The second kappa shape index (κ2) is 4.37. The number of nitrogens with two attached hydrogens (primary N) is 1. The number of hydrogen-bond donors (Lipinski definition) is 2. The Hall–Kier alpha value is -1.84. The minimum Gasteiger partial charge on any atom is -0.388 e. The van der Waals surface area contributed by atoms with Crippen LogP contribution in [0.2, 0.25) is 0 Å². The van der Waals surface area contributed by atoms with Gasteiger partial charge in [0.15, 0.2) is 0 Å². The van der Waals surface area contributed by atoms with Crippen LogP contribution in [-0.4, -0.2) is 15.4 Å². The van der Waals surface area contributed by atoms with Gasteiger partial charge in [0.25, 0.3) is 0 Å². The van der Waals surface area contributed by atoms with Gasteiger partial charge in [-0.15, -0.1) is 0 Å². The van der Waals surface area contributed by atoms with Crippen molar-refractivity contribution in [2.24, 2.45) is 11.1 Å². The van der Waals surface area contributed by atoms with Gasteiger partial charge in [-0.2, -0.15) is 0 Å². The molecule has 0 unspecified atom stereocenters. The minimum absolute atomic E-state index is 0.208. The first-order valence-corrected chi connectivity index (χ1v) is 6.91. The van der Waals surface area contributed by atoms with Crippen molar-refractivity contribution >= 4 is 16.9 Å². The van der Waals surface area contributed by atoms with Crippen LogP contribution >= 0.6 is 0 Å². The average molecular weight is 256 g/mol. The van der Waals surface area contributed by atoms with Crippen LogP contribution in [0.15, 0.2) is 24.3 Å². The van der Waals surface area contributed by atoms with E-state index >= 15 is 0 Å². The molecule has 1 fully saturated rings. The maximum absolute atomic E-state index is 7.53. The Morgan fingerprint density at radius 2 is 2.16 bits per heavy atom. The van der Waals surface area contributed by atoms with Crippen molar-refractivity contribution in [3.05, 3.63) is 30.1 Å². The molecule has 3 rings (SSSR count). The van der Waals surface area contributed by atoms with E-state index in [2.05, 4.69) is 29.7 Å². The Labute approximate surface area is 113 Å². The van der Waals surface area contributed by atoms with Crippen molar-refractivity contribution in [2.45, 2.75) is 39.2 Å². The first kappa shape index (κ1) is 12.2. The number of aromatic nitrogens is 2. The van der Waals surface area contributed by atoms with Gasteiger partial charge in [0.05, 0.1) is 16.9 Å². The number of nitrogens with zero attached hydrogens (tertiary/aromatic N) is 2. The Balaban J connectivity index is 1.98. The van der Waals surface area contributed by atoms with Crippen molar-refractivity contribution in [3.8, 4) is 0 Å². The molecule has 0 aliphatic heterocycles. The van der Waals surface area contributed by atoms with Crippen molar-refractivity contribution in [1.82, 2.24) is 9.55 Å². The molecule has 1 aromatic heterocycles. The molecule has 4 nitrogen and oxygen atoms in total. The number of imidazole rings is 1. The highest BCUT2D eigenvalue weighted by Crippen LogP contribution is 2.50. The summed E-state index contributed by atoms with van der Waals surface area (Å²) in [7, 11) is 0. The molecule has 0 bridgehead atoms. The lowest BCUT2D eigenvalue weighted by molar-refractivity contribution is 0.434. The summed E-state index contributed by atoms with van der Waals surface area (Å²) >= 11 is 0. The van der Waals surface area contributed by atoms with Gasteiger partial charge in [0.2, 0.25) is 0 Å². The van der Waals surface area contributed by atoms with E-state index in [-0.39, 0.29) is 5.41 Å². The van der Waals surface area contributed by atoms with Crippen LogP contribution < -0.4 is 5.73 Å². The maximum Gasteiger partial charge on any atom is 0.109 e. The normalized spacial score (nSPS) is 16.7.